The van der Waals surface area contributed by atoms with E-state index in [0.717, 1.165) is 25.9 Å². The molecule has 3 nitrogen and oxygen atoms in total. The van der Waals surface area contributed by atoms with Crippen molar-refractivity contribution in [3.05, 3.63) is 29.8 Å². The van der Waals surface area contributed by atoms with E-state index in [2.05, 4.69) is 13.8 Å². The lowest BCUT2D eigenvalue weighted by Gasteiger charge is -2.37. The number of carbonyl (C=O) groups excluding carboxylic acids is 1. The minimum atomic E-state index is 0.118. The van der Waals surface area contributed by atoms with E-state index < -0.39 is 0 Å². The van der Waals surface area contributed by atoms with E-state index in [-0.39, 0.29) is 11.7 Å². The minimum Gasteiger partial charge on any atom is -0.508 e. The second kappa shape index (κ2) is 5.01. The number of amides is 1. The van der Waals surface area contributed by atoms with Crippen LogP contribution in [0, 0.1) is 5.41 Å². The van der Waals surface area contributed by atoms with Gasteiger partial charge >= 0.3 is 0 Å². The first kappa shape index (κ1) is 12.9. The molecule has 0 radical (unpaired) electrons. The fraction of sp³-hybridized carbons (Fsp3) is 0.533. The number of phenols is 1. The molecule has 18 heavy (non-hydrogen) atoms. The zero-order chi connectivity index (χ0) is 13.2. The van der Waals surface area contributed by atoms with E-state index in [1.54, 1.807) is 18.2 Å². The summed E-state index contributed by atoms with van der Waals surface area (Å²) in [6, 6.07) is 7.05. The zero-order valence-electron chi connectivity index (χ0n) is 11.1. The highest BCUT2D eigenvalue weighted by Crippen LogP contribution is 2.30. The molecule has 0 bridgehead atoms. The number of nitrogens with zero attached hydrogens (tertiary/aromatic N) is 1. The van der Waals surface area contributed by atoms with Crippen LogP contribution in [0.25, 0.3) is 0 Å². The second-order valence-corrected chi connectivity index (χ2v) is 5.85. The molecule has 1 heterocycles. The number of benzene rings is 1. The second-order valence-electron chi connectivity index (χ2n) is 5.85. The van der Waals surface area contributed by atoms with Gasteiger partial charge < -0.3 is 10.0 Å². The number of hydrogen-bond donors (Lipinski definition) is 1. The lowest BCUT2D eigenvalue weighted by molar-refractivity contribution is -0.132. The van der Waals surface area contributed by atoms with Crippen molar-refractivity contribution in [3.8, 4) is 5.75 Å². The zero-order valence-corrected chi connectivity index (χ0v) is 11.1. The Balaban J connectivity index is 1.95. The molecule has 3 heteroatoms. The normalized spacial score (nSPS) is 18.7. The number of carbonyl (C=O) groups is 1. The van der Waals surface area contributed by atoms with Gasteiger partial charge in [-0.25, -0.2) is 0 Å². The molecule has 1 amide bonds. The maximum Gasteiger partial charge on any atom is 0.227 e. The van der Waals surface area contributed by atoms with Crippen molar-refractivity contribution in [2.24, 2.45) is 5.41 Å². The quantitative estimate of drug-likeness (QED) is 0.872. The van der Waals surface area contributed by atoms with Crippen LogP contribution in [0.4, 0.5) is 0 Å². The summed E-state index contributed by atoms with van der Waals surface area (Å²) in [6.07, 6.45) is 2.41. The van der Waals surface area contributed by atoms with E-state index in [1.165, 1.54) is 0 Å². The maximum absolute atomic E-state index is 12.1. The van der Waals surface area contributed by atoms with Crippen LogP contribution in [0.1, 0.15) is 32.3 Å². The van der Waals surface area contributed by atoms with E-state index in [1.807, 2.05) is 11.0 Å². The molecule has 0 spiro atoms. The average Bonchev–Trinajstić information content (AvgIpc) is 2.32. The van der Waals surface area contributed by atoms with Crippen LogP contribution in [0.15, 0.2) is 24.3 Å². The van der Waals surface area contributed by atoms with Crippen LogP contribution < -0.4 is 0 Å². The highest BCUT2D eigenvalue weighted by atomic mass is 16.3. The Morgan fingerprint density at radius 1 is 1.28 bits per heavy atom. The summed E-state index contributed by atoms with van der Waals surface area (Å²) in [5, 5.41) is 9.67. The number of phenolic OH excluding ortho intramolecular Hbond substituents is 1. The maximum atomic E-state index is 12.1. The van der Waals surface area contributed by atoms with Gasteiger partial charge in [0.05, 0.1) is 6.42 Å². The summed E-state index contributed by atoms with van der Waals surface area (Å²) >= 11 is 0. The number of likely N-dealkylation sites (tertiary alicyclic amines) is 1. The van der Waals surface area contributed by atoms with Crippen LogP contribution >= 0.6 is 0 Å². The largest absolute Gasteiger partial charge is 0.508 e. The van der Waals surface area contributed by atoms with Gasteiger partial charge in [-0.1, -0.05) is 32.0 Å². The van der Waals surface area contributed by atoms with Crippen molar-refractivity contribution < 1.29 is 9.90 Å². The standard InChI is InChI=1S/C15H21NO2/c1-15(2)7-9-16(10-8-15)14(18)11-12-5-3-4-6-13(12)17/h3-6,17H,7-11H2,1-2H3. The Hall–Kier alpha value is -1.51. The summed E-state index contributed by atoms with van der Waals surface area (Å²) in [5.74, 6) is 0.329. The Labute approximate surface area is 108 Å². The predicted octanol–water partition coefficient (Wildman–Crippen LogP) is 2.58. The van der Waals surface area contributed by atoms with Crippen molar-refractivity contribution >= 4 is 5.91 Å². The van der Waals surface area contributed by atoms with Crippen molar-refractivity contribution in [1.29, 1.82) is 0 Å². The van der Waals surface area contributed by atoms with Gasteiger partial charge in [0.2, 0.25) is 5.91 Å². The molecule has 0 aliphatic carbocycles. The van der Waals surface area contributed by atoms with Crippen molar-refractivity contribution in [3.63, 3.8) is 0 Å². The molecule has 0 aromatic heterocycles. The van der Waals surface area contributed by atoms with Gasteiger partial charge in [-0.15, -0.1) is 0 Å². The number of piperidine rings is 1. The number of hydrogen-bond acceptors (Lipinski definition) is 2. The fourth-order valence-electron chi connectivity index (χ4n) is 2.30. The SMILES string of the molecule is CC1(C)CCN(C(=O)Cc2ccccc2O)CC1. The average molecular weight is 247 g/mol. The lowest BCUT2D eigenvalue weighted by Crippen LogP contribution is -2.41. The van der Waals surface area contributed by atoms with Gasteiger partial charge in [0.15, 0.2) is 0 Å². The fourth-order valence-corrected chi connectivity index (χ4v) is 2.30. The molecular formula is C15H21NO2. The van der Waals surface area contributed by atoms with Crippen LogP contribution in [-0.2, 0) is 11.2 Å². The molecule has 1 aliphatic heterocycles. The van der Waals surface area contributed by atoms with Crippen LogP contribution in [-0.4, -0.2) is 29.0 Å². The molecule has 1 aromatic rings. The monoisotopic (exact) mass is 247 g/mol. The molecule has 1 N–H and O–H groups in total. The van der Waals surface area contributed by atoms with E-state index >= 15 is 0 Å². The molecule has 0 unspecified atom stereocenters. The van der Waals surface area contributed by atoms with Crippen LogP contribution in [0.5, 0.6) is 5.75 Å². The first-order valence-corrected chi connectivity index (χ1v) is 6.53. The van der Waals surface area contributed by atoms with Crippen molar-refractivity contribution in [2.75, 3.05) is 13.1 Å². The van der Waals surface area contributed by atoms with E-state index in [0.29, 0.717) is 17.4 Å². The molecule has 1 saturated heterocycles. The van der Waals surface area contributed by atoms with Crippen molar-refractivity contribution in [2.45, 2.75) is 33.1 Å². The van der Waals surface area contributed by atoms with Gasteiger partial charge in [-0.2, -0.15) is 0 Å². The van der Waals surface area contributed by atoms with Crippen LogP contribution in [0.2, 0.25) is 0 Å². The highest BCUT2D eigenvalue weighted by molar-refractivity contribution is 5.79. The molecule has 1 aliphatic rings. The molecule has 0 atom stereocenters. The molecule has 1 aromatic carbocycles. The Bertz CT molecular complexity index is 430. The topological polar surface area (TPSA) is 40.5 Å². The van der Waals surface area contributed by atoms with Gasteiger partial charge in [0.25, 0.3) is 0 Å². The Morgan fingerprint density at radius 2 is 1.89 bits per heavy atom. The summed E-state index contributed by atoms with van der Waals surface area (Å²) in [6.45, 7) is 6.16. The predicted molar refractivity (Wildman–Crippen MR) is 71.4 cm³/mol. The third-order valence-corrected chi connectivity index (χ3v) is 3.80. The molecule has 1 fully saturated rings. The molecule has 2 rings (SSSR count). The molecule has 0 saturated carbocycles. The first-order chi connectivity index (χ1) is 8.48. The first-order valence-electron chi connectivity index (χ1n) is 6.53. The van der Waals surface area contributed by atoms with Crippen LogP contribution in [0.3, 0.4) is 0 Å². The Morgan fingerprint density at radius 3 is 2.50 bits per heavy atom. The van der Waals surface area contributed by atoms with Crippen molar-refractivity contribution in [1.82, 2.24) is 4.90 Å². The van der Waals surface area contributed by atoms with E-state index in [4.69, 9.17) is 0 Å². The summed E-state index contributed by atoms with van der Waals surface area (Å²) in [5.41, 5.74) is 1.07. The third-order valence-electron chi connectivity index (χ3n) is 3.80. The van der Waals surface area contributed by atoms with Gasteiger partial charge in [-0.3, -0.25) is 4.79 Å². The lowest BCUT2D eigenvalue weighted by atomic mass is 9.82. The summed E-state index contributed by atoms with van der Waals surface area (Å²) in [4.78, 5) is 14.1. The summed E-state index contributed by atoms with van der Waals surface area (Å²) < 4.78 is 0. The van der Waals surface area contributed by atoms with Gasteiger partial charge in [0.1, 0.15) is 5.75 Å². The third kappa shape index (κ3) is 3.03. The highest BCUT2D eigenvalue weighted by Gasteiger charge is 2.27. The van der Waals surface area contributed by atoms with Gasteiger partial charge in [-0.05, 0) is 24.3 Å². The van der Waals surface area contributed by atoms with E-state index in [9.17, 15) is 9.90 Å². The number of rotatable bonds is 2. The Kier molecular flexibility index (Phi) is 3.60. The number of aromatic hydroxyl groups is 1. The van der Waals surface area contributed by atoms with Gasteiger partial charge in [0, 0.05) is 18.7 Å². The minimum absolute atomic E-state index is 0.118. The molecule has 98 valence electrons. The smallest absolute Gasteiger partial charge is 0.227 e. The number of para-hydroxylation sites is 1. The summed E-state index contributed by atoms with van der Waals surface area (Å²) in [7, 11) is 0. The molecular weight excluding hydrogens is 226 g/mol.